The van der Waals surface area contributed by atoms with E-state index in [4.69, 9.17) is 5.26 Å². The number of carbonyl (C=O) groups is 1. The number of thiophene rings is 1. The third-order valence-corrected chi connectivity index (χ3v) is 5.91. The van der Waals surface area contributed by atoms with Gasteiger partial charge in [0.15, 0.2) is 5.16 Å². The number of aromatic nitrogens is 2. The average Bonchev–Trinajstić information content (AvgIpc) is 3.18. The molecule has 0 atom stereocenters. The fraction of sp³-hybridized carbons (Fsp3) is 0.0476. The van der Waals surface area contributed by atoms with E-state index >= 15 is 0 Å². The van der Waals surface area contributed by atoms with E-state index in [1.165, 1.54) is 11.3 Å². The maximum atomic E-state index is 12.6. The largest absolute Gasteiger partial charge is 0.324 e. The van der Waals surface area contributed by atoms with Crippen LogP contribution in [0, 0.1) is 11.3 Å². The lowest BCUT2D eigenvalue weighted by Crippen LogP contribution is -2.16. The van der Waals surface area contributed by atoms with Crippen LogP contribution in [0.1, 0.15) is 5.56 Å². The molecule has 1 amide bonds. The maximum absolute atomic E-state index is 12.6. The fourth-order valence-corrected chi connectivity index (χ4v) is 4.50. The Bertz CT molecular complexity index is 1290. The SMILES string of the molecule is N#Cc1ccccc1NC(=O)CSc1nc2scc(-c3ccccc3)c2c(=O)[nH]1. The number of benzene rings is 2. The lowest BCUT2D eigenvalue weighted by atomic mass is 10.1. The highest BCUT2D eigenvalue weighted by atomic mass is 32.2. The molecule has 2 N–H and O–H groups in total. The van der Waals surface area contributed by atoms with Gasteiger partial charge in [-0.1, -0.05) is 54.2 Å². The molecule has 0 radical (unpaired) electrons. The van der Waals surface area contributed by atoms with Crippen molar-refractivity contribution < 1.29 is 4.79 Å². The highest BCUT2D eigenvalue weighted by Gasteiger charge is 2.14. The number of para-hydroxylation sites is 1. The van der Waals surface area contributed by atoms with Crippen LogP contribution < -0.4 is 10.9 Å². The number of anilines is 1. The Morgan fingerprint density at radius 2 is 1.93 bits per heavy atom. The monoisotopic (exact) mass is 418 g/mol. The van der Waals surface area contributed by atoms with Crippen LogP contribution >= 0.6 is 23.1 Å². The number of nitrogens with one attached hydrogen (secondary N) is 2. The summed E-state index contributed by atoms with van der Waals surface area (Å²) in [5, 5.41) is 14.7. The van der Waals surface area contributed by atoms with E-state index in [9.17, 15) is 9.59 Å². The van der Waals surface area contributed by atoms with Crippen molar-refractivity contribution in [2.75, 3.05) is 11.1 Å². The van der Waals surface area contributed by atoms with Crippen molar-refractivity contribution in [1.82, 2.24) is 9.97 Å². The molecule has 2 aromatic heterocycles. The molecule has 142 valence electrons. The first-order valence-corrected chi connectivity index (χ1v) is 10.5. The van der Waals surface area contributed by atoms with Gasteiger partial charge in [0.1, 0.15) is 10.9 Å². The molecule has 0 saturated carbocycles. The van der Waals surface area contributed by atoms with Crippen molar-refractivity contribution in [3.8, 4) is 17.2 Å². The molecule has 0 spiro atoms. The van der Waals surface area contributed by atoms with Crippen LogP contribution in [-0.4, -0.2) is 21.6 Å². The van der Waals surface area contributed by atoms with Crippen LogP contribution in [0.5, 0.6) is 0 Å². The fourth-order valence-electron chi connectivity index (χ4n) is 2.84. The quantitative estimate of drug-likeness (QED) is 0.373. The summed E-state index contributed by atoms with van der Waals surface area (Å²) in [6.45, 7) is 0. The van der Waals surface area contributed by atoms with E-state index in [1.807, 2.05) is 41.8 Å². The van der Waals surface area contributed by atoms with E-state index in [0.29, 0.717) is 26.6 Å². The minimum Gasteiger partial charge on any atom is -0.324 e. The third kappa shape index (κ3) is 4.06. The highest BCUT2D eigenvalue weighted by Crippen LogP contribution is 2.31. The van der Waals surface area contributed by atoms with Crippen molar-refractivity contribution in [3.05, 3.63) is 75.9 Å². The molecule has 2 aromatic carbocycles. The van der Waals surface area contributed by atoms with Gasteiger partial charge >= 0.3 is 0 Å². The molecule has 29 heavy (non-hydrogen) atoms. The first-order valence-electron chi connectivity index (χ1n) is 8.64. The van der Waals surface area contributed by atoms with E-state index in [-0.39, 0.29) is 17.2 Å². The van der Waals surface area contributed by atoms with Crippen molar-refractivity contribution in [2.24, 2.45) is 0 Å². The number of rotatable bonds is 5. The van der Waals surface area contributed by atoms with Gasteiger partial charge in [0.25, 0.3) is 5.56 Å². The van der Waals surface area contributed by atoms with Crippen LogP contribution in [0.15, 0.2) is 69.9 Å². The summed E-state index contributed by atoms with van der Waals surface area (Å²) in [5.41, 5.74) is 2.44. The van der Waals surface area contributed by atoms with E-state index in [0.717, 1.165) is 22.9 Å². The molecule has 2 heterocycles. The zero-order valence-electron chi connectivity index (χ0n) is 15.0. The van der Waals surface area contributed by atoms with Gasteiger partial charge < -0.3 is 10.3 Å². The smallest absolute Gasteiger partial charge is 0.260 e. The first-order chi connectivity index (χ1) is 14.2. The van der Waals surface area contributed by atoms with Gasteiger partial charge in [0.05, 0.1) is 22.4 Å². The average molecular weight is 419 g/mol. The van der Waals surface area contributed by atoms with E-state index in [1.54, 1.807) is 24.3 Å². The lowest BCUT2D eigenvalue weighted by molar-refractivity contribution is -0.113. The van der Waals surface area contributed by atoms with Gasteiger partial charge in [-0.3, -0.25) is 9.59 Å². The van der Waals surface area contributed by atoms with Crippen molar-refractivity contribution in [3.63, 3.8) is 0 Å². The normalized spacial score (nSPS) is 10.6. The number of hydrogen-bond donors (Lipinski definition) is 2. The second-order valence-corrected chi connectivity index (χ2v) is 7.88. The standard InChI is InChI=1S/C21H14N4O2S2/c22-10-14-8-4-5-9-16(14)23-17(26)12-29-21-24-19(27)18-15(11-28-20(18)25-21)13-6-2-1-3-7-13/h1-9,11H,12H2,(H,23,26)(H,24,25,27). The van der Waals surface area contributed by atoms with Crippen molar-refractivity contribution in [2.45, 2.75) is 5.16 Å². The Labute approximate surface area is 174 Å². The zero-order valence-corrected chi connectivity index (χ0v) is 16.6. The molecule has 0 aliphatic rings. The molecule has 8 heteroatoms. The Morgan fingerprint density at radius 3 is 2.72 bits per heavy atom. The number of nitriles is 1. The molecule has 0 bridgehead atoms. The lowest BCUT2D eigenvalue weighted by Gasteiger charge is -2.06. The van der Waals surface area contributed by atoms with E-state index in [2.05, 4.69) is 15.3 Å². The van der Waals surface area contributed by atoms with Gasteiger partial charge in [-0.25, -0.2) is 4.98 Å². The zero-order chi connectivity index (χ0) is 20.2. The first kappa shape index (κ1) is 18.9. The number of hydrogen-bond acceptors (Lipinski definition) is 6. The summed E-state index contributed by atoms with van der Waals surface area (Å²) < 4.78 is 0. The second-order valence-electron chi connectivity index (χ2n) is 6.06. The Morgan fingerprint density at radius 1 is 1.17 bits per heavy atom. The maximum Gasteiger partial charge on any atom is 0.260 e. The Balaban J connectivity index is 1.51. The topological polar surface area (TPSA) is 98.6 Å². The molecular formula is C21H14N4O2S2. The van der Waals surface area contributed by atoms with Gasteiger partial charge in [-0.15, -0.1) is 11.3 Å². The molecule has 0 saturated heterocycles. The summed E-state index contributed by atoms with van der Waals surface area (Å²) >= 11 is 2.54. The van der Waals surface area contributed by atoms with Gasteiger partial charge in [0.2, 0.25) is 5.91 Å². The number of carbonyl (C=O) groups excluding carboxylic acids is 1. The molecule has 0 unspecified atom stereocenters. The van der Waals surface area contributed by atoms with Crippen LogP contribution in [0.3, 0.4) is 0 Å². The van der Waals surface area contributed by atoms with Gasteiger partial charge in [-0.05, 0) is 17.7 Å². The summed E-state index contributed by atoms with van der Waals surface area (Å²) in [6, 6.07) is 18.5. The molecule has 4 rings (SSSR count). The third-order valence-electron chi connectivity index (χ3n) is 4.17. The van der Waals surface area contributed by atoms with Crippen LogP contribution in [0.4, 0.5) is 5.69 Å². The van der Waals surface area contributed by atoms with Gasteiger partial charge in [0, 0.05) is 10.9 Å². The number of aromatic amines is 1. The highest BCUT2D eigenvalue weighted by molar-refractivity contribution is 7.99. The number of nitrogens with zero attached hydrogens (tertiary/aromatic N) is 2. The van der Waals surface area contributed by atoms with Crippen LogP contribution in [0.25, 0.3) is 21.3 Å². The molecule has 0 fully saturated rings. The summed E-state index contributed by atoms with van der Waals surface area (Å²) in [4.78, 5) is 32.7. The number of thioether (sulfide) groups is 1. The van der Waals surface area contributed by atoms with Crippen LogP contribution in [-0.2, 0) is 4.79 Å². The molecule has 4 aromatic rings. The number of H-pyrrole nitrogens is 1. The number of fused-ring (bicyclic) bond motifs is 1. The summed E-state index contributed by atoms with van der Waals surface area (Å²) in [5.74, 6) is -0.220. The molecule has 6 nitrogen and oxygen atoms in total. The molecular weight excluding hydrogens is 404 g/mol. The minimum absolute atomic E-state index is 0.0606. The molecule has 0 aliphatic heterocycles. The summed E-state index contributed by atoms with van der Waals surface area (Å²) in [6.07, 6.45) is 0. The predicted octanol–water partition coefficient (Wildman–Crippen LogP) is 4.25. The Kier molecular flexibility index (Phi) is 5.42. The Hall–Kier alpha value is -3.41. The second kappa shape index (κ2) is 8.31. The summed E-state index contributed by atoms with van der Waals surface area (Å²) in [7, 11) is 0. The predicted molar refractivity (Wildman–Crippen MR) is 116 cm³/mol. The molecule has 0 aliphatic carbocycles. The van der Waals surface area contributed by atoms with Gasteiger partial charge in [-0.2, -0.15) is 5.26 Å². The van der Waals surface area contributed by atoms with Crippen LogP contribution in [0.2, 0.25) is 0 Å². The van der Waals surface area contributed by atoms with Crippen molar-refractivity contribution in [1.29, 1.82) is 5.26 Å². The van der Waals surface area contributed by atoms with Crippen molar-refractivity contribution >= 4 is 44.9 Å². The number of amides is 1. The van der Waals surface area contributed by atoms with E-state index < -0.39 is 0 Å². The minimum atomic E-state index is -0.281.